The number of alkyl halides is 4. The van der Waals surface area contributed by atoms with E-state index >= 15 is 0 Å². The third-order valence-corrected chi connectivity index (χ3v) is 4.68. The fourth-order valence-electron chi connectivity index (χ4n) is 0.403. The van der Waals surface area contributed by atoms with E-state index in [1.54, 1.807) is 0 Å². The number of hydrogen-bond donors (Lipinski definition) is 0. The van der Waals surface area contributed by atoms with E-state index in [0.717, 1.165) is 15.3 Å². The molecule has 2 unspecified atom stereocenters. The van der Waals surface area contributed by atoms with Crippen molar-refractivity contribution in [2.45, 2.75) is 17.2 Å². The van der Waals surface area contributed by atoms with Gasteiger partial charge < -0.3 is 4.70 Å². The van der Waals surface area contributed by atoms with Gasteiger partial charge in [0.25, 0.3) is 0 Å². The molecule has 11 heavy (non-hydrogen) atoms. The van der Waals surface area contributed by atoms with Gasteiger partial charge in [-0.3, -0.25) is 0 Å². The summed E-state index contributed by atoms with van der Waals surface area (Å²) in [6.07, 6.45) is 0.926. The van der Waals surface area contributed by atoms with E-state index < -0.39 is 0 Å². The molecule has 0 aliphatic carbocycles. The van der Waals surface area contributed by atoms with Crippen LogP contribution in [0.1, 0.15) is 6.42 Å². The molecule has 0 saturated carbocycles. The molecule has 0 aromatic rings. The van der Waals surface area contributed by atoms with Crippen LogP contribution in [0.25, 0.3) is 0 Å². The van der Waals surface area contributed by atoms with Gasteiger partial charge in [0, 0.05) is 19.6 Å². The van der Waals surface area contributed by atoms with Crippen LogP contribution >= 0.6 is 68.4 Å². The largest absolute Gasteiger partial charge is 1.00 e. The van der Waals surface area contributed by atoms with Crippen LogP contribution in [0.5, 0.6) is 0 Å². The summed E-state index contributed by atoms with van der Waals surface area (Å²) in [5.41, 5.74) is 0. The molecule has 0 radical (unpaired) electrons. The fourth-order valence-corrected chi connectivity index (χ4v) is 1.64. The standard InChI is InChI=1S/C5H8Cl2I2.FH.K/c6-4(2-8)1-5(7)3-9;;/h4-5H,1-3H2;1H;/q;;+1/p-1. The molecule has 0 N–H and O–H groups in total. The summed E-state index contributed by atoms with van der Waals surface area (Å²) in [5.74, 6) is 0. The zero-order valence-corrected chi connectivity index (χ0v) is 15.1. The van der Waals surface area contributed by atoms with Crippen LogP contribution in [-0.4, -0.2) is 19.6 Å². The van der Waals surface area contributed by atoms with Crippen LogP contribution in [0.15, 0.2) is 0 Å². The minimum atomic E-state index is 0. The Hall–Kier alpha value is 3.61. The fraction of sp³-hybridized carbons (Fsp3) is 1.00. The summed E-state index contributed by atoms with van der Waals surface area (Å²) < 4.78 is 1.97. The molecule has 0 spiro atoms. The Morgan fingerprint density at radius 1 is 1.00 bits per heavy atom. The summed E-state index contributed by atoms with van der Waals surface area (Å²) in [7, 11) is 0. The topological polar surface area (TPSA) is 0 Å². The second kappa shape index (κ2) is 13.6. The summed E-state index contributed by atoms with van der Waals surface area (Å²) in [5, 5.41) is 0.505. The van der Waals surface area contributed by atoms with Crippen LogP contribution in [-0.2, 0) is 0 Å². The first-order valence-electron chi connectivity index (χ1n) is 2.60. The van der Waals surface area contributed by atoms with Gasteiger partial charge in [-0.15, -0.1) is 23.2 Å². The first-order chi connectivity index (χ1) is 4.20. The van der Waals surface area contributed by atoms with Gasteiger partial charge in [0.05, 0.1) is 0 Å². The van der Waals surface area contributed by atoms with Gasteiger partial charge in [-0.1, -0.05) is 45.2 Å². The van der Waals surface area contributed by atoms with Crippen LogP contribution in [0, 0.1) is 0 Å². The van der Waals surface area contributed by atoms with E-state index in [2.05, 4.69) is 45.2 Å². The summed E-state index contributed by atoms with van der Waals surface area (Å²) in [6.45, 7) is 0. The molecule has 0 aromatic heterocycles. The van der Waals surface area contributed by atoms with Crippen LogP contribution in [0.4, 0.5) is 0 Å². The van der Waals surface area contributed by atoms with Gasteiger partial charge in [-0.25, -0.2) is 0 Å². The molecule has 0 aliphatic heterocycles. The van der Waals surface area contributed by atoms with Gasteiger partial charge in [0.2, 0.25) is 0 Å². The minimum absolute atomic E-state index is 0. The normalized spacial score (nSPS) is 14.2. The Labute approximate surface area is 147 Å². The maximum absolute atomic E-state index is 5.84. The summed E-state index contributed by atoms with van der Waals surface area (Å²) in [6, 6.07) is 0. The van der Waals surface area contributed by atoms with E-state index in [1.807, 2.05) is 0 Å². The molecular weight excluding hydrogens is 443 g/mol. The maximum Gasteiger partial charge on any atom is 1.00 e. The molecule has 6 heteroatoms. The average molecular weight is 451 g/mol. The molecule has 0 bridgehead atoms. The molecule has 64 valence electrons. The van der Waals surface area contributed by atoms with Crippen LogP contribution in [0.2, 0.25) is 0 Å². The smallest absolute Gasteiger partial charge is 1.00 e. The van der Waals surface area contributed by atoms with Crippen molar-refractivity contribution in [3.63, 3.8) is 0 Å². The van der Waals surface area contributed by atoms with Gasteiger partial charge in [-0.05, 0) is 6.42 Å². The van der Waals surface area contributed by atoms with Crippen molar-refractivity contribution >= 4 is 68.4 Å². The van der Waals surface area contributed by atoms with E-state index in [9.17, 15) is 0 Å². The Balaban J connectivity index is -0.000000320. The zero-order valence-electron chi connectivity index (χ0n) is 6.17. The van der Waals surface area contributed by atoms with Crippen molar-refractivity contribution in [1.82, 2.24) is 0 Å². The molecule has 0 aromatic carbocycles. The molecule has 0 amide bonds. The maximum atomic E-state index is 5.84. The molecule has 0 saturated heterocycles. The van der Waals surface area contributed by atoms with Gasteiger partial charge in [0.1, 0.15) is 0 Å². The van der Waals surface area contributed by atoms with Crippen molar-refractivity contribution in [3.05, 3.63) is 0 Å². The predicted octanol–water partition coefficient (Wildman–Crippen LogP) is -2.53. The van der Waals surface area contributed by atoms with Crippen molar-refractivity contribution in [1.29, 1.82) is 0 Å². The molecule has 0 aliphatic rings. The van der Waals surface area contributed by atoms with Gasteiger partial charge in [0.15, 0.2) is 0 Å². The van der Waals surface area contributed by atoms with Crippen LogP contribution in [0.3, 0.4) is 0 Å². The third kappa shape index (κ3) is 13.6. The molecule has 0 fully saturated rings. The third-order valence-electron chi connectivity index (χ3n) is 0.846. The number of halogens is 5. The minimum Gasteiger partial charge on any atom is -1.00 e. The SMILES string of the molecule is ClC(CI)CC(Cl)CI.[F-].[K+]. The Morgan fingerprint density at radius 3 is 1.45 bits per heavy atom. The zero-order chi connectivity index (χ0) is 7.28. The molecule has 0 rings (SSSR count). The second-order valence-corrected chi connectivity index (χ2v) is 4.73. The molecule has 0 heterocycles. The van der Waals surface area contributed by atoms with E-state index in [4.69, 9.17) is 23.2 Å². The molecular formula is C5H8Cl2FI2K. The Bertz CT molecular complexity index is 71.5. The van der Waals surface area contributed by atoms with Crippen molar-refractivity contribution in [2.24, 2.45) is 0 Å². The monoisotopic (exact) mass is 450 g/mol. The van der Waals surface area contributed by atoms with Crippen LogP contribution < -0.4 is 56.1 Å². The van der Waals surface area contributed by atoms with Crippen molar-refractivity contribution < 1.29 is 56.1 Å². The quantitative estimate of drug-likeness (QED) is 0.252. The predicted molar refractivity (Wildman–Crippen MR) is 61.7 cm³/mol. The molecule has 0 nitrogen and oxygen atoms in total. The van der Waals surface area contributed by atoms with Gasteiger partial charge in [-0.2, -0.15) is 0 Å². The van der Waals surface area contributed by atoms with Crippen molar-refractivity contribution in [3.8, 4) is 0 Å². The Kier molecular flexibility index (Phi) is 24.8. The Morgan fingerprint density at radius 2 is 1.27 bits per heavy atom. The van der Waals surface area contributed by atoms with E-state index in [1.165, 1.54) is 0 Å². The number of rotatable bonds is 4. The van der Waals surface area contributed by atoms with E-state index in [-0.39, 0.29) is 66.8 Å². The average Bonchev–Trinajstić information content (AvgIpc) is 1.87. The van der Waals surface area contributed by atoms with Gasteiger partial charge >= 0.3 is 51.4 Å². The number of hydrogen-bond acceptors (Lipinski definition) is 0. The first kappa shape index (κ1) is 20.1. The first-order valence-corrected chi connectivity index (χ1v) is 6.53. The summed E-state index contributed by atoms with van der Waals surface area (Å²) >= 11 is 16.2. The second-order valence-electron chi connectivity index (χ2n) is 1.74. The molecule has 2 atom stereocenters. The summed E-state index contributed by atoms with van der Waals surface area (Å²) in [4.78, 5) is 0. The van der Waals surface area contributed by atoms with E-state index in [0.29, 0.717) is 0 Å². The van der Waals surface area contributed by atoms with Crippen molar-refractivity contribution in [2.75, 3.05) is 8.86 Å².